The van der Waals surface area contributed by atoms with Gasteiger partial charge in [-0.1, -0.05) is 31.2 Å². The van der Waals surface area contributed by atoms with Gasteiger partial charge in [0.25, 0.3) is 0 Å². The number of aliphatic hydroxyl groups excluding tert-OH is 1. The Bertz CT molecular complexity index is 593. The smallest absolute Gasteiger partial charge is 0.161 e. The number of hydrogen-bond donors (Lipinski definition) is 1. The summed E-state index contributed by atoms with van der Waals surface area (Å²) in [6.45, 7) is 2.03. The second-order valence-corrected chi connectivity index (χ2v) is 4.68. The van der Waals surface area contributed by atoms with E-state index >= 15 is 0 Å². The maximum absolute atomic E-state index is 13.5. The molecule has 1 atom stereocenters. The molecular weight excluding hydrogens is 265 g/mol. The predicted molar refractivity (Wildman–Crippen MR) is 70.8 cm³/mol. The highest BCUT2D eigenvalue weighted by Crippen LogP contribution is 2.23. The van der Waals surface area contributed by atoms with Gasteiger partial charge in [0.1, 0.15) is 5.82 Å². The van der Waals surface area contributed by atoms with Gasteiger partial charge in [0.05, 0.1) is 6.10 Å². The van der Waals surface area contributed by atoms with Crippen molar-refractivity contribution in [2.45, 2.75) is 25.9 Å². The van der Waals surface area contributed by atoms with E-state index in [9.17, 15) is 18.3 Å². The van der Waals surface area contributed by atoms with Crippen LogP contribution in [0.1, 0.15) is 29.7 Å². The van der Waals surface area contributed by atoms with Crippen LogP contribution in [-0.4, -0.2) is 5.11 Å². The third-order valence-electron chi connectivity index (χ3n) is 3.26. The fourth-order valence-electron chi connectivity index (χ4n) is 2.04. The molecule has 0 aliphatic rings. The van der Waals surface area contributed by atoms with Crippen molar-refractivity contribution in [2.75, 3.05) is 0 Å². The standard InChI is InChI=1S/C16H15F3O/c1-2-10-3-5-11(6-4-10)7-16(20)12-8-14(18)15(19)9-13(12)17/h3-6,8-9,16,20H,2,7H2,1H3. The maximum atomic E-state index is 13.5. The van der Waals surface area contributed by atoms with Gasteiger partial charge in [0.15, 0.2) is 11.6 Å². The lowest BCUT2D eigenvalue weighted by molar-refractivity contribution is 0.172. The number of rotatable bonds is 4. The van der Waals surface area contributed by atoms with Crippen LogP contribution in [0.5, 0.6) is 0 Å². The van der Waals surface area contributed by atoms with Crippen molar-refractivity contribution in [1.82, 2.24) is 0 Å². The first-order valence-electron chi connectivity index (χ1n) is 6.41. The molecule has 0 heterocycles. The van der Waals surface area contributed by atoms with Crippen molar-refractivity contribution in [1.29, 1.82) is 0 Å². The molecule has 106 valence electrons. The SMILES string of the molecule is CCc1ccc(CC(O)c2cc(F)c(F)cc2F)cc1. The molecule has 0 amide bonds. The Morgan fingerprint density at radius 2 is 1.45 bits per heavy atom. The van der Waals surface area contributed by atoms with Crippen molar-refractivity contribution in [3.05, 3.63) is 70.5 Å². The average Bonchev–Trinajstić information content (AvgIpc) is 2.43. The van der Waals surface area contributed by atoms with Crippen LogP contribution in [0, 0.1) is 17.5 Å². The van der Waals surface area contributed by atoms with Gasteiger partial charge in [-0.25, -0.2) is 13.2 Å². The van der Waals surface area contributed by atoms with Crippen LogP contribution >= 0.6 is 0 Å². The topological polar surface area (TPSA) is 20.2 Å². The van der Waals surface area contributed by atoms with Gasteiger partial charge < -0.3 is 5.11 Å². The summed E-state index contributed by atoms with van der Waals surface area (Å²) in [6, 6.07) is 8.66. The third kappa shape index (κ3) is 3.20. The number of benzene rings is 2. The van der Waals surface area contributed by atoms with Crippen LogP contribution in [0.15, 0.2) is 36.4 Å². The summed E-state index contributed by atoms with van der Waals surface area (Å²) in [6.07, 6.45) is -0.162. The highest BCUT2D eigenvalue weighted by molar-refractivity contribution is 5.27. The molecule has 0 saturated heterocycles. The normalized spacial score (nSPS) is 12.4. The molecule has 2 rings (SSSR count). The van der Waals surface area contributed by atoms with Gasteiger partial charge in [-0.05, 0) is 23.6 Å². The maximum Gasteiger partial charge on any atom is 0.161 e. The summed E-state index contributed by atoms with van der Waals surface area (Å²) < 4.78 is 39.5. The van der Waals surface area contributed by atoms with Crippen LogP contribution in [0.4, 0.5) is 13.2 Å². The zero-order valence-electron chi connectivity index (χ0n) is 11.0. The van der Waals surface area contributed by atoms with E-state index in [0.29, 0.717) is 12.1 Å². The third-order valence-corrected chi connectivity index (χ3v) is 3.26. The summed E-state index contributed by atoms with van der Waals surface area (Å²) in [4.78, 5) is 0. The number of halogens is 3. The minimum atomic E-state index is -1.26. The Morgan fingerprint density at radius 1 is 0.900 bits per heavy atom. The van der Waals surface area contributed by atoms with E-state index < -0.39 is 23.6 Å². The van der Waals surface area contributed by atoms with Gasteiger partial charge >= 0.3 is 0 Å². The van der Waals surface area contributed by atoms with Crippen molar-refractivity contribution < 1.29 is 18.3 Å². The molecule has 1 unspecified atom stereocenters. The predicted octanol–water partition coefficient (Wildman–Crippen LogP) is 3.94. The molecule has 1 N–H and O–H groups in total. The highest BCUT2D eigenvalue weighted by atomic mass is 19.2. The molecule has 0 radical (unpaired) electrons. The molecule has 0 fully saturated rings. The lowest BCUT2D eigenvalue weighted by Gasteiger charge is -2.13. The molecule has 0 aromatic heterocycles. The van der Waals surface area contributed by atoms with Crippen LogP contribution < -0.4 is 0 Å². The van der Waals surface area contributed by atoms with Gasteiger partial charge in [-0.3, -0.25) is 0 Å². The summed E-state index contributed by atoms with van der Waals surface area (Å²) >= 11 is 0. The fraction of sp³-hybridized carbons (Fsp3) is 0.250. The Balaban J connectivity index is 2.18. The molecule has 0 aliphatic heterocycles. The van der Waals surface area contributed by atoms with E-state index in [2.05, 4.69) is 0 Å². The van der Waals surface area contributed by atoms with E-state index in [-0.39, 0.29) is 12.0 Å². The van der Waals surface area contributed by atoms with E-state index in [0.717, 1.165) is 17.5 Å². The van der Waals surface area contributed by atoms with Gasteiger partial charge in [-0.15, -0.1) is 0 Å². The molecule has 0 saturated carbocycles. The van der Waals surface area contributed by atoms with Crippen molar-refractivity contribution in [2.24, 2.45) is 0 Å². The molecule has 0 bridgehead atoms. The average molecular weight is 280 g/mol. The molecule has 0 aliphatic carbocycles. The molecule has 1 nitrogen and oxygen atoms in total. The first-order valence-corrected chi connectivity index (χ1v) is 6.41. The Kier molecular flexibility index (Phi) is 4.45. The molecule has 20 heavy (non-hydrogen) atoms. The molecule has 2 aromatic carbocycles. The zero-order valence-corrected chi connectivity index (χ0v) is 11.0. The summed E-state index contributed by atoms with van der Waals surface area (Å²) in [5.41, 5.74) is 1.73. The summed E-state index contributed by atoms with van der Waals surface area (Å²) in [5.74, 6) is -3.37. The Hall–Kier alpha value is -1.81. The minimum Gasteiger partial charge on any atom is -0.388 e. The summed E-state index contributed by atoms with van der Waals surface area (Å²) in [5, 5.41) is 9.97. The molecule has 4 heteroatoms. The number of hydrogen-bond acceptors (Lipinski definition) is 1. The second-order valence-electron chi connectivity index (χ2n) is 4.68. The zero-order chi connectivity index (χ0) is 14.7. The van der Waals surface area contributed by atoms with E-state index in [1.165, 1.54) is 0 Å². The van der Waals surface area contributed by atoms with Crippen molar-refractivity contribution >= 4 is 0 Å². The lowest BCUT2D eigenvalue weighted by Crippen LogP contribution is -2.06. The fourth-order valence-corrected chi connectivity index (χ4v) is 2.04. The van der Waals surface area contributed by atoms with Crippen molar-refractivity contribution in [3.63, 3.8) is 0 Å². The molecule has 0 spiro atoms. The highest BCUT2D eigenvalue weighted by Gasteiger charge is 2.17. The molecule has 2 aromatic rings. The Morgan fingerprint density at radius 3 is 2.05 bits per heavy atom. The first kappa shape index (κ1) is 14.6. The number of aliphatic hydroxyl groups is 1. The van der Waals surface area contributed by atoms with Crippen LogP contribution in [0.2, 0.25) is 0 Å². The monoisotopic (exact) mass is 280 g/mol. The quantitative estimate of drug-likeness (QED) is 0.841. The van der Waals surface area contributed by atoms with Crippen LogP contribution in [-0.2, 0) is 12.8 Å². The van der Waals surface area contributed by atoms with Gasteiger partial charge in [-0.2, -0.15) is 0 Å². The minimum absolute atomic E-state index is 0.145. The van der Waals surface area contributed by atoms with Crippen LogP contribution in [0.3, 0.4) is 0 Å². The lowest BCUT2D eigenvalue weighted by atomic mass is 9.99. The van der Waals surface area contributed by atoms with Crippen molar-refractivity contribution in [3.8, 4) is 0 Å². The van der Waals surface area contributed by atoms with E-state index in [4.69, 9.17) is 0 Å². The van der Waals surface area contributed by atoms with Gasteiger partial charge in [0.2, 0.25) is 0 Å². The Labute approximate surface area is 115 Å². The van der Waals surface area contributed by atoms with Gasteiger partial charge in [0, 0.05) is 18.1 Å². The number of aryl methyl sites for hydroxylation is 1. The van der Waals surface area contributed by atoms with E-state index in [1.807, 2.05) is 31.2 Å². The largest absolute Gasteiger partial charge is 0.388 e. The first-order chi connectivity index (χ1) is 9.51. The summed E-state index contributed by atoms with van der Waals surface area (Å²) in [7, 11) is 0. The molecular formula is C16H15F3O. The van der Waals surface area contributed by atoms with Crippen LogP contribution in [0.25, 0.3) is 0 Å². The van der Waals surface area contributed by atoms with E-state index in [1.54, 1.807) is 0 Å². The second kappa shape index (κ2) is 6.09.